The number of phenols is 1. The van der Waals surface area contributed by atoms with Crippen molar-refractivity contribution in [3.63, 3.8) is 0 Å². The summed E-state index contributed by atoms with van der Waals surface area (Å²) in [4.78, 5) is 8.66. The summed E-state index contributed by atoms with van der Waals surface area (Å²) in [6.45, 7) is 4.18. The molecular weight excluding hydrogens is 304 g/mol. The van der Waals surface area contributed by atoms with E-state index in [0.717, 1.165) is 22.2 Å². The molecule has 0 saturated heterocycles. The number of anilines is 2. The molecule has 3 aromatic rings. The summed E-state index contributed by atoms with van der Waals surface area (Å²) < 4.78 is 5.91. The van der Waals surface area contributed by atoms with Crippen LogP contribution in [0.2, 0.25) is 0 Å². The van der Waals surface area contributed by atoms with Gasteiger partial charge in [0.05, 0.1) is 10.9 Å². The van der Waals surface area contributed by atoms with Crippen molar-refractivity contribution in [2.45, 2.75) is 20.0 Å². The summed E-state index contributed by atoms with van der Waals surface area (Å²) in [5, 5.41) is 13.7. The normalized spacial score (nSPS) is 12.1. The van der Waals surface area contributed by atoms with Gasteiger partial charge in [0, 0.05) is 12.2 Å². The predicted octanol–water partition coefficient (Wildman–Crippen LogP) is 3.11. The minimum absolute atomic E-state index is 0.112. The lowest BCUT2D eigenvalue weighted by Crippen LogP contribution is -2.23. The molecule has 0 aliphatic rings. The van der Waals surface area contributed by atoms with E-state index in [4.69, 9.17) is 10.5 Å². The van der Waals surface area contributed by atoms with Crippen molar-refractivity contribution < 1.29 is 9.84 Å². The summed E-state index contributed by atoms with van der Waals surface area (Å²) >= 11 is 0. The first-order chi connectivity index (χ1) is 11.6. The van der Waals surface area contributed by atoms with Crippen LogP contribution in [0.3, 0.4) is 0 Å². The first-order valence-corrected chi connectivity index (χ1v) is 7.75. The zero-order valence-electron chi connectivity index (χ0n) is 13.7. The summed E-state index contributed by atoms with van der Waals surface area (Å²) in [5.74, 6) is 1.59. The highest BCUT2D eigenvalue weighted by Crippen LogP contribution is 2.32. The van der Waals surface area contributed by atoms with E-state index in [9.17, 15) is 5.11 Å². The Balaban J connectivity index is 2.05. The van der Waals surface area contributed by atoms with Crippen molar-refractivity contribution in [2.75, 3.05) is 11.9 Å². The van der Waals surface area contributed by atoms with Gasteiger partial charge < -0.3 is 20.9 Å². The van der Waals surface area contributed by atoms with Crippen LogP contribution in [-0.2, 0) is 0 Å². The summed E-state index contributed by atoms with van der Waals surface area (Å²) in [5.41, 5.74) is 8.05. The number of benzene rings is 2. The molecule has 3 rings (SSSR count). The number of aryl methyl sites for hydroxylation is 1. The largest absolute Gasteiger partial charge is 0.508 e. The molecule has 1 heterocycles. The van der Waals surface area contributed by atoms with Gasteiger partial charge in [-0.25, -0.2) is 9.97 Å². The fourth-order valence-corrected chi connectivity index (χ4v) is 2.41. The summed E-state index contributed by atoms with van der Waals surface area (Å²) in [6, 6.07) is 11.0. The lowest BCUT2D eigenvalue weighted by atomic mass is 10.1. The van der Waals surface area contributed by atoms with Crippen molar-refractivity contribution in [2.24, 2.45) is 5.73 Å². The van der Waals surface area contributed by atoms with Crippen LogP contribution in [0.4, 0.5) is 11.5 Å². The van der Waals surface area contributed by atoms with Crippen LogP contribution in [0.25, 0.3) is 10.9 Å². The quantitative estimate of drug-likeness (QED) is 0.624. The van der Waals surface area contributed by atoms with E-state index < -0.39 is 0 Å². The van der Waals surface area contributed by atoms with Crippen LogP contribution >= 0.6 is 0 Å². The first kappa shape index (κ1) is 16.0. The second kappa shape index (κ2) is 6.72. The van der Waals surface area contributed by atoms with Crippen LogP contribution in [0.5, 0.6) is 11.5 Å². The molecule has 0 bridgehead atoms. The van der Waals surface area contributed by atoms with Crippen molar-refractivity contribution in [1.29, 1.82) is 0 Å². The highest BCUT2D eigenvalue weighted by atomic mass is 16.5. The Labute approximate surface area is 140 Å². The van der Waals surface area contributed by atoms with Gasteiger partial charge in [-0.2, -0.15) is 0 Å². The molecule has 0 amide bonds. The molecule has 0 aliphatic carbocycles. The third-order valence-corrected chi connectivity index (χ3v) is 3.74. The van der Waals surface area contributed by atoms with Crippen LogP contribution in [0.1, 0.15) is 12.5 Å². The number of phenolic OH excluding ortho intramolecular Hbond substituents is 1. The highest BCUT2D eigenvalue weighted by Gasteiger charge is 2.12. The fourth-order valence-electron chi connectivity index (χ4n) is 2.41. The Morgan fingerprint density at radius 2 is 2.08 bits per heavy atom. The number of nitrogens with zero attached hydrogens (tertiary/aromatic N) is 2. The molecule has 1 unspecified atom stereocenters. The fraction of sp³-hybridized carbons (Fsp3) is 0.222. The molecule has 0 spiro atoms. The molecular formula is C18H20N4O2. The third-order valence-electron chi connectivity index (χ3n) is 3.74. The van der Waals surface area contributed by atoms with E-state index in [1.807, 2.05) is 38.1 Å². The maximum absolute atomic E-state index is 9.67. The van der Waals surface area contributed by atoms with Crippen LogP contribution in [0.15, 0.2) is 42.7 Å². The van der Waals surface area contributed by atoms with E-state index in [-0.39, 0.29) is 11.9 Å². The number of fused-ring (bicyclic) bond motifs is 1. The van der Waals surface area contributed by atoms with Gasteiger partial charge in [-0.15, -0.1) is 0 Å². The van der Waals surface area contributed by atoms with Crippen molar-refractivity contribution in [3.05, 3.63) is 48.3 Å². The van der Waals surface area contributed by atoms with Crippen LogP contribution < -0.4 is 15.8 Å². The molecule has 0 fully saturated rings. The molecule has 2 aromatic carbocycles. The van der Waals surface area contributed by atoms with Crippen LogP contribution in [0, 0.1) is 6.92 Å². The lowest BCUT2D eigenvalue weighted by molar-refractivity contribution is 0.233. The minimum atomic E-state index is -0.112. The number of hydrogen-bond acceptors (Lipinski definition) is 6. The van der Waals surface area contributed by atoms with Gasteiger partial charge in [-0.3, -0.25) is 0 Å². The molecule has 0 saturated carbocycles. The molecule has 124 valence electrons. The lowest BCUT2D eigenvalue weighted by Gasteiger charge is -2.16. The van der Waals surface area contributed by atoms with Gasteiger partial charge in [0.2, 0.25) is 0 Å². The smallest absolute Gasteiger partial charge is 0.145 e. The second-order valence-corrected chi connectivity index (χ2v) is 5.66. The molecule has 1 atom stereocenters. The van der Waals surface area contributed by atoms with Gasteiger partial charge in [0.15, 0.2) is 0 Å². The van der Waals surface area contributed by atoms with Gasteiger partial charge in [0.1, 0.15) is 29.7 Å². The molecule has 0 aliphatic heterocycles. The molecule has 24 heavy (non-hydrogen) atoms. The van der Waals surface area contributed by atoms with E-state index >= 15 is 0 Å². The van der Waals surface area contributed by atoms with Gasteiger partial charge in [-0.05, 0) is 49.7 Å². The average Bonchev–Trinajstić information content (AvgIpc) is 2.58. The Morgan fingerprint density at radius 1 is 1.25 bits per heavy atom. The van der Waals surface area contributed by atoms with Gasteiger partial charge in [0.25, 0.3) is 0 Å². The summed E-state index contributed by atoms with van der Waals surface area (Å²) in [6.07, 6.45) is 1.40. The SMILES string of the molecule is Cc1cc(Nc2ncnc3cccc(OC(C)CN)c23)ccc1O. The van der Waals surface area contributed by atoms with Crippen molar-refractivity contribution >= 4 is 22.4 Å². The first-order valence-electron chi connectivity index (χ1n) is 7.75. The molecule has 1 aromatic heterocycles. The van der Waals surface area contributed by atoms with Crippen LogP contribution in [-0.4, -0.2) is 27.7 Å². The van der Waals surface area contributed by atoms with Crippen molar-refractivity contribution in [1.82, 2.24) is 9.97 Å². The topological polar surface area (TPSA) is 93.3 Å². The zero-order valence-corrected chi connectivity index (χ0v) is 13.7. The highest BCUT2D eigenvalue weighted by molar-refractivity contribution is 5.95. The number of aromatic hydroxyl groups is 1. The number of hydrogen-bond donors (Lipinski definition) is 3. The maximum Gasteiger partial charge on any atom is 0.145 e. The number of nitrogens with two attached hydrogens (primary N) is 1. The molecule has 6 heteroatoms. The Hall–Kier alpha value is -2.86. The average molecular weight is 324 g/mol. The van der Waals surface area contributed by atoms with E-state index in [2.05, 4.69) is 15.3 Å². The van der Waals surface area contributed by atoms with E-state index in [0.29, 0.717) is 18.1 Å². The van der Waals surface area contributed by atoms with Crippen molar-refractivity contribution in [3.8, 4) is 11.5 Å². The van der Waals surface area contributed by atoms with E-state index in [1.54, 1.807) is 12.1 Å². The minimum Gasteiger partial charge on any atom is -0.508 e. The number of nitrogens with one attached hydrogen (secondary N) is 1. The Morgan fingerprint density at radius 3 is 2.83 bits per heavy atom. The standard InChI is InChI=1S/C18H20N4O2/c1-11-8-13(6-7-15(11)23)22-18-17-14(20-10-21-18)4-3-5-16(17)24-12(2)9-19/h3-8,10,12,23H,9,19H2,1-2H3,(H,20,21,22). The van der Waals surface area contributed by atoms with Gasteiger partial charge in [-0.1, -0.05) is 6.07 Å². The molecule has 0 radical (unpaired) electrons. The van der Waals surface area contributed by atoms with E-state index in [1.165, 1.54) is 6.33 Å². The number of rotatable bonds is 5. The Kier molecular flexibility index (Phi) is 4.48. The zero-order chi connectivity index (χ0) is 17.1. The number of ether oxygens (including phenoxy) is 1. The Bertz CT molecular complexity index is 862. The monoisotopic (exact) mass is 324 g/mol. The predicted molar refractivity (Wildman–Crippen MR) is 94.8 cm³/mol. The molecule has 4 N–H and O–H groups in total. The summed E-state index contributed by atoms with van der Waals surface area (Å²) in [7, 11) is 0. The number of aromatic nitrogens is 2. The molecule has 6 nitrogen and oxygen atoms in total. The second-order valence-electron chi connectivity index (χ2n) is 5.66. The van der Waals surface area contributed by atoms with Gasteiger partial charge >= 0.3 is 0 Å². The maximum atomic E-state index is 9.67. The third kappa shape index (κ3) is 3.23.